The summed E-state index contributed by atoms with van der Waals surface area (Å²) in [6.07, 6.45) is -0.0713. The van der Waals surface area contributed by atoms with Crippen LogP contribution in [-0.4, -0.2) is 34.3 Å². The molecule has 6 nitrogen and oxygen atoms in total. The van der Waals surface area contributed by atoms with Gasteiger partial charge in [0, 0.05) is 13.0 Å². The highest BCUT2D eigenvalue weighted by atomic mass is 16.4. The molecule has 1 aliphatic rings. The fourth-order valence-corrected chi connectivity index (χ4v) is 3.59. The highest BCUT2D eigenvalue weighted by Gasteiger charge is 2.37. The van der Waals surface area contributed by atoms with Crippen LogP contribution >= 0.6 is 0 Å². The standard InChI is InChI=1S/C22H24N2O4/c1-15(16-8-4-2-5-9-16)24-14-18(12-20(24)25)22(28)23-19(13-21(26)27)17-10-6-3-7-11-17/h2-11,15,18-19H,12-14H2,1H3,(H,23,28)(H,26,27). The summed E-state index contributed by atoms with van der Waals surface area (Å²) >= 11 is 0. The molecule has 2 amide bonds. The van der Waals surface area contributed by atoms with Crippen molar-refractivity contribution in [2.24, 2.45) is 5.92 Å². The van der Waals surface area contributed by atoms with Crippen LogP contribution in [0.5, 0.6) is 0 Å². The maximum absolute atomic E-state index is 12.8. The summed E-state index contributed by atoms with van der Waals surface area (Å²) in [5.41, 5.74) is 1.75. The van der Waals surface area contributed by atoms with Gasteiger partial charge in [-0.3, -0.25) is 14.4 Å². The smallest absolute Gasteiger partial charge is 0.305 e. The van der Waals surface area contributed by atoms with Crippen molar-refractivity contribution in [3.8, 4) is 0 Å². The van der Waals surface area contributed by atoms with E-state index in [2.05, 4.69) is 5.32 Å². The van der Waals surface area contributed by atoms with Gasteiger partial charge in [0.1, 0.15) is 0 Å². The van der Waals surface area contributed by atoms with E-state index in [9.17, 15) is 19.5 Å². The van der Waals surface area contributed by atoms with Crippen molar-refractivity contribution < 1.29 is 19.5 Å². The van der Waals surface area contributed by atoms with Crippen LogP contribution in [0.4, 0.5) is 0 Å². The van der Waals surface area contributed by atoms with Crippen LogP contribution in [0, 0.1) is 5.92 Å². The van der Waals surface area contributed by atoms with Crippen LogP contribution in [0.15, 0.2) is 60.7 Å². The Bertz CT molecular complexity index is 838. The molecular weight excluding hydrogens is 356 g/mol. The van der Waals surface area contributed by atoms with Crippen LogP contribution in [0.3, 0.4) is 0 Å². The van der Waals surface area contributed by atoms with Crippen LogP contribution < -0.4 is 5.32 Å². The molecule has 1 fully saturated rings. The van der Waals surface area contributed by atoms with Gasteiger partial charge in [-0.1, -0.05) is 60.7 Å². The summed E-state index contributed by atoms with van der Waals surface area (Å²) in [5.74, 6) is -1.83. The molecular formula is C22H24N2O4. The Morgan fingerprint density at radius 3 is 2.21 bits per heavy atom. The lowest BCUT2D eigenvalue weighted by Gasteiger charge is -2.25. The minimum atomic E-state index is -0.990. The van der Waals surface area contributed by atoms with Crippen LogP contribution in [-0.2, 0) is 14.4 Å². The SMILES string of the molecule is CC(c1ccccc1)N1CC(C(=O)NC(CC(=O)O)c2ccccc2)CC1=O. The second kappa shape index (κ2) is 8.69. The molecule has 6 heteroatoms. The summed E-state index contributed by atoms with van der Waals surface area (Å²) in [6, 6.07) is 18.0. The molecule has 0 saturated carbocycles. The number of nitrogens with one attached hydrogen (secondary N) is 1. The molecule has 1 saturated heterocycles. The van der Waals surface area contributed by atoms with Gasteiger partial charge in [0.15, 0.2) is 0 Å². The topological polar surface area (TPSA) is 86.7 Å². The molecule has 3 rings (SSSR count). The first-order chi connectivity index (χ1) is 13.5. The predicted octanol–water partition coefficient (Wildman–Crippen LogP) is 2.93. The number of rotatable bonds is 7. The third kappa shape index (κ3) is 4.57. The Balaban J connectivity index is 1.68. The van der Waals surface area contributed by atoms with Gasteiger partial charge in [-0.25, -0.2) is 0 Å². The first kappa shape index (κ1) is 19.6. The van der Waals surface area contributed by atoms with Crippen molar-refractivity contribution in [1.82, 2.24) is 10.2 Å². The van der Waals surface area contributed by atoms with Crippen molar-refractivity contribution in [1.29, 1.82) is 0 Å². The number of hydrogen-bond acceptors (Lipinski definition) is 3. The van der Waals surface area contributed by atoms with Crippen molar-refractivity contribution in [3.63, 3.8) is 0 Å². The number of amides is 2. The zero-order valence-electron chi connectivity index (χ0n) is 15.7. The highest BCUT2D eigenvalue weighted by molar-refractivity contribution is 5.89. The predicted molar refractivity (Wildman–Crippen MR) is 104 cm³/mol. The molecule has 0 aliphatic carbocycles. The monoisotopic (exact) mass is 380 g/mol. The van der Waals surface area contributed by atoms with Gasteiger partial charge in [-0.05, 0) is 18.1 Å². The number of nitrogens with zero attached hydrogens (tertiary/aromatic N) is 1. The molecule has 3 unspecified atom stereocenters. The van der Waals surface area contributed by atoms with E-state index in [0.717, 1.165) is 11.1 Å². The number of aliphatic carboxylic acids is 1. The Morgan fingerprint density at radius 1 is 1.07 bits per heavy atom. The molecule has 2 aromatic carbocycles. The van der Waals surface area contributed by atoms with Crippen molar-refractivity contribution in [3.05, 3.63) is 71.8 Å². The first-order valence-electron chi connectivity index (χ1n) is 9.37. The first-order valence-corrected chi connectivity index (χ1v) is 9.37. The van der Waals surface area contributed by atoms with E-state index < -0.39 is 17.9 Å². The number of carbonyl (C=O) groups is 3. The Kier molecular flexibility index (Phi) is 6.09. The summed E-state index contributed by atoms with van der Waals surface area (Å²) in [6.45, 7) is 2.28. The Morgan fingerprint density at radius 2 is 1.64 bits per heavy atom. The minimum absolute atomic E-state index is 0.0639. The second-order valence-electron chi connectivity index (χ2n) is 7.10. The zero-order chi connectivity index (χ0) is 20.1. The van der Waals surface area contributed by atoms with Gasteiger partial charge in [-0.15, -0.1) is 0 Å². The molecule has 0 bridgehead atoms. The van der Waals surface area contributed by atoms with Gasteiger partial charge in [-0.2, -0.15) is 0 Å². The number of carbonyl (C=O) groups excluding carboxylic acids is 2. The van der Waals surface area contributed by atoms with Gasteiger partial charge in [0.2, 0.25) is 11.8 Å². The quantitative estimate of drug-likeness (QED) is 0.773. The van der Waals surface area contributed by atoms with Gasteiger partial charge >= 0.3 is 5.97 Å². The van der Waals surface area contributed by atoms with Crippen molar-refractivity contribution in [2.75, 3.05) is 6.54 Å². The van der Waals surface area contributed by atoms with E-state index >= 15 is 0 Å². The van der Waals surface area contributed by atoms with Crippen molar-refractivity contribution >= 4 is 17.8 Å². The second-order valence-corrected chi connectivity index (χ2v) is 7.10. The number of benzene rings is 2. The van der Waals surface area contributed by atoms with Crippen LogP contribution in [0.1, 0.15) is 43.0 Å². The third-order valence-corrected chi connectivity index (χ3v) is 5.18. The lowest BCUT2D eigenvalue weighted by Crippen LogP contribution is -2.36. The highest BCUT2D eigenvalue weighted by Crippen LogP contribution is 2.29. The Labute approximate surface area is 164 Å². The summed E-state index contributed by atoms with van der Waals surface area (Å²) < 4.78 is 0. The van der Waals surface area contributed by atoms with E-state index in [1.165, 1.54) is 0 Å². The summed E-state index contributed by atoms with van der Waals surface area (Å²) in [4.78, 5) is 38.2. The molecule has 28 heavy (non-hydrogen) atoms. The zero-order valence-corrected chi connectivity index (χ0v) is 15.7. The number of hydrogen-bond donors (Lipinski definition) is 2. The van der Waals surface area contributed by atoms with E-state index in [1.54, 1.807) is 29.2 Å². The molecule has 0 aromatic heterocycles. The largest absolute Gasteiger partial charge is 0.481 e. The fraction of sp³-hybridized carbons (Fsp3) is 0.318. The van der Waals surface area contributed by atoms with Crippen molar-refractivity contribution in [2.45, 2.75) is 31.8 Å². The lowest BCUT2D eigenvalue weighted by molar-refractivity contribution is -0.138. The van der Waals surface area contributed by atoms with Gasteiger partial charge < -0.3 is 15.3 Å². The van der Waals surface area contributed by atoms with E-state index in [-0.39, 0.29) is 30.7 Å². The molecule has 146 valence electrons. The normalized spacial score (nSPS) is 18.5. The van der Waals surface area contributed by atoms with Gasteiger partial charge in [0.25, 0.3) is 0 Å². The van der Waals surface area contributed by atoms with E-state index in [0.29, 0.717) is 6.54 Å². The average molecular weight is 380 g/mol. The molecule has 2 N–H and O–H groups in total. The summed E-state index contributed by atoms with van der Waals surface area (Å²) in [7, 11) is 0. The minimum Gasteiger partial charge on any atom is -0.481 e. The average Bonchev–Trinajstić information content (AvgIpc) is 3.09. The summed E-state index contributed by atoms with van der Waals surface area (Å²) in [5, 5.41) is 12.0. The number of likely N-dealkylation sites (tertiary alicyclic amines) is 1. The molecule has 2 aromatic rings. The van der Waals surface area contributed by atoms with Gasteiger partial charge in [0.05, 0.1) is 24.4 Å². The lowest BCUT2D eigenvalue weighted by atomic mass is 10.0. The maximum atomic E-state index is 12.8. The molecule has 1 aliphatic heterocycles. The maximum Gasteiger partial charge on any atom is 0.305 e. The van der Waals surface area contributed by atoms with Crippen LogP contribution in [0.25, 0.3) is 0 Å². The third-order valence-electron chi connectivity index (χ3n) is 5.18. The van der Waals surface area contributed by atoms with E-state index in [1.807, 2.05) is 43.3 Å². The number of carboxylic acid groups (broad SMARTS) is 1. The van der Waals surface area contributed by atoms with E-state index in [4.69, 9.17) is 0 Å². The Hall–Kier alpha value is -3.15. The fourth-order valence-electron chi connectivity index (χ4n) is 3.59. The molecule has 3 atom stereocenters. The molecule has 0 radical (unpaired) electrons. The molecule has 1 heterocycles. The van der Waals surface area contributed by atoms with Crippen LogP contribution in [0.2, 0.25) is 0 Å². The number of carboxylic acids is 1. The molecule has 0 spiro atoms.